The SMILES string of the molecule is O=C(O)C1CCCN(C(=O)c2ccc3[nH]ccc3c2)CC1. The summed E-state index contributed by atoms with van der Waals surface area (Å²) in [5.74, 6) is -1.09. The van der Waals surface area contributed by atoms with Crippen LogP contribution in [-0.4, -0.2) is 40.0 Å². The van der Waals surface area contributed by atoms with Crippen molar-refractivity contribution in [3.63, 3.8) is 0 Å². The highest BCUT2D eigenvalue weighted by Gasteiger charge is 2.25. The minimum absolute atomic E-state index is 0.0101. The van der Waals surface area contributed by atoms with Gasteiger partial charge in [0, 0.05) is 35.8 Å². The van der Waals surface area contributed by atoms with Crippen molar-refractivity contribution < 1.29 is 14.7 Å². The number of nitrogens with zero attached hydrogens (tertiary/aromatic N) is 1. The van der Waals surface area contributed by atoms with Crippen molar-refractivity contribution in [3.05, 3.63) is 36.0 Å². The van der Waals surface area contributed by atoms with E-state index in [4.69, 9.17) is 5.11 Å². The smallest absolute Gasteiger partial charge is 0.306 e. The Morgan fingerprint density at radius 1 is 1.19 bits per heavy atom. The van der Waals surface area contributed by atoms with Crippen LogP contribution in [0.3, 0.4) is 0 Å². The molecule has 110 valence electrons. The fraction of sp³-hybridized carbons (Fsp3) is 0.375. The monoisotopic (exact) mass is 286 g/mol. The Morgan fingerprint density at radius 3 is 2.86 bits per heavy atom. The number of carboxylic acids is 1. The van der Waals surface area contributed by atoms with E-state index in [1.165, 1.54) is 0 Å². The first-order chi connectivity index (χ1) is 10.1. The van der Waals surface area contributed by atoms with Crippen LogP contribution in [0, 0.1) is 5.92 Å². The van der Waals surface area contributed by atoms with Gasteiger partial charge in [-0.3, -0.25) is 9.59 Å². The second-order valence-corrected chi connectivity index (χ2v) is 5.54. The number of rotatable bonds is 2. The number of hydrogen-bond acceptors (Lipinski definition) is 2. The number of nitrogens with one attached hydrogen (secondary N) is 1. The quantitative estimate of drug-likeness (QED) is 0.890. The van der Waals surface area contributed by atoms with Crippen LogP contribution in [0.5, 0.6) is 0 Å². The maximum atomic E-state index is 12.6. The molecule has 21 heavy (non-hydrogen) atoms. The average Bonchev–Trinajstić information content (AvgIpc) is 2.80. The molecule has 0 bridgehead atoms. The number of carbonyl (C=O) groups is 2. The van der Waals surface area contributed by atoms with E-state index in [1.54, 1.807) is 4.90 Å². The number of carboxylic acid groups (broad SMARTS) is 1. The summed E-state index contributed by atoms with van der Waals surface area (Å²) in [4.78, 5) is 28.5. The van der Waals surface area contributed by atoms with E-state index in [-0.39, 0.29) is 11.8 Å². The van der Waals surface area contributed by atoms with Crippen LogP contribution in [0.15, 0.2) is 30.5 Å². The Labute approximate surface area is 122 Å². The molecule has 0 saturated carbocycles. The van der Waals surface area contributed by atoms with Gasteiger partial charge in [-0.2, -0.15) is 0 Å². The number of fused-ring (bicyclic) bond motifs is 1. The van der Waals surface area contributed by atoms with Gasteiger partial charge in [0.25, 0.3) is 5.91 Å². The third-order valence-corrected chi connectivity index (χ3v) is 4.16. The Bertz CT molecular complexity index is 677. The van der Waals surface area contributed by atoms with Gasteiger partial charge in [0.1, 0.15) is 0 Å². The van der Waals surface area contributed by atoms with Gasteiger partial charge >= 0.3 is 5.97 Å². The van der Waals surface area contributed by atoms with Gasteiger partial charge in [-0.25, -0.2) is 0 Å². The largest absolute Gasteiger partial charge is 0.481 e. The third-order valence-electron chi connectivity index (χ3n) is 4.16. The second-order valence-electron chi connectivity index (χ2n) is 5.54. The van der Waals surface area contributed by atoms with Crippen LogP contribution in [0.4, 0.5) is 0 Å². The fourth-order valence-electron chi connectivity index (χ4n) is 2.92. The predicted octanol–water partition coefficient (Wildman–Crippen LogP) is 2.49. The standard InChI is InChI=1S/C16H18N2O3/c19-15(13-3-4-14-12(10-13)5-7-17-14)18-8-1-2-11(6-9-18)16(20)21/h3-5,7,10-11,17H,1-2,6,8-9H2,(H,20,21). The van der Waals surface area contributed by atoms with Gasteiger partial charge in [0.2, 0.25) is 0 Å². The number of hydrogen-bond donors (Lipinski definition) is 2. The van der Waals surface area contributed by atoms with Crippen molar-refractivity contribution in [2.75, 3.05) is 13.1 Å². The zero-order valence-corrected chi connectivity index (χ0v) is 11.7. The number of likely N-dealkylation sites (tertiary alicyclic amines) is 1. The van der Waals surface area contributed by atoms with Gasteiger partial charge in [-0.05, 0) is 43.5 Å². The summed E-state index contributed by atoms with van der Waals surface area (Å²) < 4.78 is 0. The molecule has 1 saturated heterocycles. The van der Waals surface area contributed by atoms with E-state index in [9.17, 15) is 9.59 Å². The first-order valence-electron chi connectivity index (χ1n) is 7.24. The molecule has 1 amide bonds. The summed E-state index contributed by atoms with van der Waals surface area (Å²) in [6.07, 6.45) is 3.78. The summed E-state index contributed by atoms with van der Waals surface area (Å²) in [5.41, 5.74) is 1.67. The van der Waals surface area contributed by atoms with Crippen molar-refractivity contribution in [2.24, 2.45) is 5.92 Å². The van der Waals surface area contributed by atoms with Crippen LogP contribution in [0.2, 0.25) is 0 Å². The molecular weight excluding hydrogens is 268 g/mol. The minimum atomic E-state index is -0.752. The number of aromatic nitrogens is 1. The maximum absolute atomic E-state index is 12.6. The molecule has 5 nitrogen and oxygen atoms in total. The van der Waals surface area contributed by atoms with E-state index in [1.807, 2.05) is 30.5 Å². The molecule has 2 N–H and O–H groups in total. The van der Waals surface area contributed by atoms with Crippen molar-refractivity contribution in [2.45, 2.75) is 19.3 Å². The van der Waals surface area contributed by atoms with E-state index >= 15 is 0 Å². The molecule has 1 aliphatic heterocycles. The molecule has 0 aliphatic carbocycles. The average molecular weight is 286 g/mol. The predicted molar refractivity (Wildman–Crippen MR) is 79.2 cm³/mol. The molecule has 5 heteroatoms. The highest BCUT2D eigenvalue weighted by molar-refractivity contribution is 5.98. The zero-order valence-electron chi connectivity index (χ0n) is 11.7. The van der Waals surface area contributed by atoms with Crippen LogP contribution < -0.4 is 0 Å². The van der Waals surface area contributed by atoms with Crippen molar-refractivity contribution >= 4 is 22.8 Å². The molecular formula is C16H18N2O3. The summed E-state index contributed by atoms with van der Waals surface area (Å²) in [6.45, 7) is 1.15. The molecule has 0 spiro atoms. The highest BCUT2D eigenvalue weighted by Crippen LogP contribution is 2.21. The highest BCUT2D eigenvalue weighted by atomic mass is 16.4. The molecule has 1 atom stereocenters. The molecule has 1 aliphatic rings. The molecule has 1 aromatic carbocycles. The number of carbonyl (C=O) groups excluding carboxylic acids is 1. The summed E-state index contributed by atoms with van der Waals surface area (Å²) in [7, 11) is 0. The maximum Gasteiger partial charge on any atom is 0.306 e. The lowest BCUT2D eigenvalue weighted by atomic mass is 10.0. The molecule has 3 rings (SSSR count). The van der Waals surface area contributed by atoms with Crippen LogP contribution >= 0.6 is 0 Å². The number of H-pyrrole nitrogens is 1. The molecule has 0 radical (unpaired) electrons. The molecule has 1 aromatic heterocycles. The number of amides is 1. The lowest BCUT2D eigenvalue weighted by Crippen LogP contribution is -2.32. The zero-order chi connectivity index (χ0) is 14.8. The number of benzene rings is 1. The van der Waals surface area contributed by atoms with Gasteiger partial charge in [-0.1, -0.05) is 0 Å². The van der Waals surface area contributed by atoms with E-state index < -0.39 is 5.97 Å². The fourth-order valence-corrected chi connectivity index (χ4v) is 2.92. The normalized spacial score (nSPS) is 19.4. The van der Waals surface area contributed by atoms with Gasteiger partial charge in [0.15, 0.2) is 0 Å². The third kappa shape index (κ3) is 2.77. The first-order valence-corrected chi connectivity index (χ1v) is 7.24. The Hall–Kier alpha value is -2.30. The Morgan fingerprint density at radius 2 is 2.05 bits per heavy atom. The number of aliphatic carboxylic acids is 1. The van der Waals surface area contributed by atoms with Gasteiger partial charge in [-0.15, -0.1) is 0 Å². The lowest BCUT2D eigenvalue weighted by Gasteiger charge is -2.20. The summed E-state index contributed by atoms with van der Waals surface area (Å²) in [5, 5.41) is 10.1. The summed E-state index contributed by atoms with van der Waals surface area (Å²) in [6, 6.07) is 7.55. The van der Waals surface area contributed by atoms with E-state index in [0.717, 1.165) is 17.3 Å². The van der Waals surface area contributed by atoms with Crippen LogP contribution in [0.1, 0.15) is 29.6 Å². The Kier molecular flexibility index (Phi) is 3.64. The van der Waals surface area contributed by atoms with Crippen LogP contribution in [-0.2, 0) is 4.79 Å². The Balaban J connectivity index is 1.76. The van der Waals surface area contributed by atoms with Crippen LogP contribution in [0.25, 0.3) is 10.9 Å². The van der Waals surface area contributed by atoms with E-state index in [2.05, 4.69) is 4.98 Å². The topological polar surface area (TPSA) is 73.4 Å². The molecule has 1 fully saturated rings. The molecule has 2 heterocycles. The minimum Gasteiger partial charge on any atom is -0.481 e. The molecule has 2 aromatic rings. The lowest BCUT2D eigenvalue weighted by molar-refractivity contribution is -0.142. The van der Waals surface area contributed by atoms with Gasteiger partial charge in [0.05, 0.1) is 5.92 Å². The van der Waals surface area contributed by atoms with Crippen molar-refractivity contribution in [3.8, 4) is 0 Å². The first kappa shape index (κ1) is 13.7. The van der Waals surface area contributed by atoms with Crippen molar-refractivity contribution in [1.82, 2.24) is 9.88 Å². The second kappa shape index (κ2) is 5.60. The molecule has 1 unspecified atom stereocenters. The summed E-state index contributed by atoms with van der Waals surface area (Å²) >= 11 is 0. The van der Waals surface area contributed by atoms with Crippen molar-refractivity contribution in [1.29, 1.82) is 0 Å². The van der Waals surface area contributed by atoms with Gasteiger partial charge < -0.3 is 15.0 Å². The number of aromatic amines is 1. The van der Waals surface area contributed by atoms with E-state index in [0.29, 0.717) is 31.5 Å².